The number of carbonyl (C=O) groups excluding carboxylic acids is 1. The third kappa shape index (κ3) is 4.23. The van der Waals surface area contributed by atoms with E-state index in [2.05, 4.69) is 5.16 Å². The van der Waals surface area contributed by atoms with Crippen LogP contribution >= 0.6 is 34.8 Å². The van der Waals surface area contributed by atoms with Gasteiger partial charge in [-0.05, 0) is 62.1 Å². The van der Waals surface area contributed by atoms with Crippen molar-refractivity contribution in [2.75, 3.05) is 0 Å². The van der Waals surface area contributed by atoms with Gasteiger partial charge < -0.3 is 9.63 Å². The number of benzene rings is 2. The molecule has 6 nitrogen and oxygen atoms in total. The first kappa shape index (κ1) is 25.4. The van der Waals surface area contributed by atoms with Crippen LogP contribution in [0.4, 0.5) is 8.78 Å². The maximum absolute atomic E-state index is 15.2. The molecule has 4 aromatic rings. The minimum atomic E-state index is -2.12. The number of allylic oxidation sites excluding steroid dienone is 1. The number of alkyl halides is 1. The van der Waals surface area contributed by atoms with Crippen molar-refractivity contribution in [3.8, 4) is 11.3 Å². The second-order valence-corrected chi connectivity index (χ2v) is 10.4. The van der Waals surface area contributed by atoms with Gasteiger partial charge in [0, 0.05) is 33.8 Å². The number of aryl methyl sites for hydroxylation is 1. The van der Waals surface area contributed by atoms with E-state index in [-0.39, 0.29) is 49.6 Å². The summed E-state index contributed by atoms with van der Waals surface area (Å²) in [6.45, 7) is 2.42. The molecule has 0 amide bonds. The van der Waals surface area contributed by atoms with Gasteiger partial charge in [0.15, 0.2) is 11.4 Å². The van der Waals surface area contributed by atoms with E-state index in [9.17, 15) is 19.1 Å². The average Bonchev–Trinajstić information content (AvgIpc) is 3.38. The number of aromatic nitrogens is 2. The first-order chi connectivity index (χ1) is 17.4. The molecule has 0 bridgehead atoms. The van der Waals surface area contributed by atoms with Gasteiger partial charge >= 0.3 is 5.97 Å². The zero-order valence-electron chi connectivity index (χ0n) is 19.3. The van der Waals surface area contributed by atoms with Crippen molar-refractivity contribution < 1.29 is 28.0 Å². The van der Waals surface area contributed by atoms with Crippen LogP contribution in [-0.4, -0.2) is 26.7 Å². The summed E-state index contributed by atoms with van der Waals surface area (Å²) in [7, 11) is 0. The molecule has 0 atom stereocenters. The van der Waals surface area contributed by atoms with Gasteiger partial charge in [0.2, 0.25) is 0 Å². The quantitative estimate of drug-likeness (QED) is 0.256. The second kappa shape index (κ2) is 8.97. The van der Waals surface area contributed by atoms with Crippen LogP contribution in [0.3, 0.4) is 0 Å². The molecule has 190 valence electrons. The summed E-state index contributed by atoms with van der Waals surface area (Å²) >= 11 is 18.8. The van der Waals surface area contributed by atoms with Gasteiger partial charge in [0.05, 0.1) is 15.6 Å². The molecule has 0 aliphatic heterocycles. The number of halogens is 5. The molecule has 0 saturated heterocycles. The highest BCUT2D eigenvalue weighted by atomic mass is 35.5. The van der Waals surface area contributed by atoms with E-state index in [1.165, 1.54) is 42.8 Å². The Balaban J connectivity index is 1.78. The predicted molar refractivity (Wildman–Crippen MR) is 137 cm³/mol. The van der Waals surface area contributed by atoms with Crippen molar-refractivity contribution in [3.05, 3.63) is 79.9 Å². The third-order valence-electron chi connectivity index (χ3n) is 6.19. The minimum absolute atomic E-state index is 0.0758. The van der Waals surface area contributed by atoms with Crippen LogP contribution in [0.15, 0.2) is 41.1 Å². The summed E-state index contributed by atoms with van der Waals surface area (Å²) in [5, 5.41) is 14.0. The highest BCUT2D eigenvalue weighted by molar-refractivity contribution is 6.42. The lowest BCUT2D eigenvalue weighted by Gasteiger charge is -2.16. The van der Waals surface area contributed by atoms with Gasteiger partial charge in [-0.25, -0.2) is 13.6 Å². The number of nitrogens with zero attached hydrogens (tertiary/aromatic N) is 2. The Morgan fingerprint density at radius 1 is 1.14 bits per heavy atom. The molecule has 0 unspecified atom stereocenters. The number of carbonyl (C=O) groups is 2. The Labute approximate surface area is 224 Å². The Morgan fingerprint density at radius 3 is 2.43 bits per heavy atom. The second-order valence-electron chi connectivity index (χ2n) is 9.11. The van der Waals surface area contributed by atoms with Gasteiger partial charge in [0.1, 0.15) is 17.1 Å². The Kier molecular flexibility index (Phi) is 6.17. The molecule has 0 saturated carbocycles. The molecule has 37 heavy (non-hydrogen) atoms. The van der Waals surface area contributed by atoms with E-state index in [1.807, 2.05) is 0 Å². The molecule has 1 N–H and O–H groups in total. The Morgan fingerprint density at radius 2 is 1.81 bits per heavy atom. The van der Waals surface area contributed by atoms with E-state index >= 15 is 4.39 Å². The van der Waals surface area contributed by atoms with Crippen LogP contribution in [0, 0.1) is 5.82 Å². The van der Waals surface area contributed by atoms with E-state index in [4.69, 9.17) is 39.3 Å². The van der Waals surface area contributed by atoms with Crippen molar-refractivity contribution in [1.82, 2.24) is 9.72 Å². The van der Waals surface area contributed by atoms with E-state index in [1.54, 1.807) is 0 Å². The lowest BCUT2D eigenvalue weighted by atomic mass is 9.88. The molecule has 2 aromatic carbocycles. The van der Waals surface area contributed by atoms with E-state index in [0.29, 0.717) is 28.5 Å². The molecular weight excluding hydrogens is 549 g/mol. The smallest absolute Gasteiger partial charge is 0.328 e. The molecule has 2 heterocycles. The van der Waals surface area contributed by atoms with Crippen LogP contribution in [0.25, 0.3) is 27.7 Å². The minimum Gasteiger partial charge on any atom is -0.478 e. The van der Waals surface area contributed by atoms with Crippen molar-refractivity contribution in [3.63, 3.8) is 0 Å². The zero-order chi connectivity index (χ0) is 26.8. The maximum atomic E-state index is 15.2. The van der Waals surface area contributed by atoms with Gasteiger partial charge in [-0.15, -0.1) is 0 Å². The topological polar surface area (TPSA) is 85.3 Å². The van der Waals surface area contributed by atoms with Gasteiger partial charge in [0.25, 0.3) is 5.91 Å². The fourth-order valence-corrected chi connectivity index (χ4v) is 5.69. The fraction of sp³-hybridized carbons (Fsp3) is 0.192. The highest BCUT2D eigenvalue weighted by Crippen LogP contribution is 2.43. The lowest BCUT2D eigenvalue weighted by molar-refractivity contribution is -0.131. The number of hydrogen-bond donors (Lipinski definition) is 1. The Hall–Kier alpha value is -3.20. The molecule has 5 rings (SSSR count). The zero-order valence-corrected chi connectivity index (χ0v) is 21.6. The number of rotatable bonds is 4. The summed E-state index contributed by atoms with van der Waals surface area (Å²) in [4.78, 5) is 25.4. The molecule has 1 aliphatic rings. The fourth-order valence-electron chi connectivity index (χ4n) is 4.70. The van der Waals surface area contributed by atoms with Gasteiger partial charge in [-0.3, -0.25) is 9.36 Å². The SMILES string of the molecule is CC(C)(F)c1onc(-c2c(Cl)cc(Cl)cc2Cl)c1C(=O)n1cc2c3c(c(F)ccc31)/C(=C/C(=O)O)CC2. The number of aliphatic carboxylic acids is 1. The summed E-state index contributed by atoms with van der Waals surface area (Å²) < 4.78 is 36.7. The number of hydrogen-bond acceptors (Lipinski definition) is 4. The van der Waals surface area contributed by atoms with Crippen LogP contribution < -0.4 is 0 Å². The van der Waals surface area contributed by atoms with Crippen LogP contribution in [0.5, 0.6) is 0 Å². The van der Waals surface area contributed by atoms with Crippen LogP contribution in [-0.2, 0) is 16.9 Å². The first-order valence-electron chi connectivity index (χ1n) is 11.0. The monoisotopic (exact) mass is 564 g/mol. The summed E-state index contributed by atoms with van der Waals surface area (Å²) in [5.41, 5.74) is -0.890. The molecule has 1 aliphatic carbocycles. The molecule has 0 fully saturated rings. The van der Waals surface area contributed by atoms with Crippen LogP contribution in [0.1, 0.15) is 47.5 Å². The molecular formula is C26H17Cl3F2N2O4. The lowest BCUT2D eigenvalue weighted by Crippen LogP contribution is -2.18. The highest BCUT2D eigenvalue weighted by Gasteiger charge is 2.37. The van der Waals surface area contributed by atoms with Gasteiger partial charge in [-0.2, -0.15) is 0 Å². The maximum Gasteiger partial charge on any atom is 0.328 e. The van der Waals surface area contributed by atoms with Gasteiger partial charge in [-0.1, -0.05) is 40.0 Å². The van der Waals surface area contributed by atoms with E-state index in [0.717, 1.165) is 12.1 Å². The number of carboxylic acid groups (broad SMARTS) is 1. The van der Waals surface area contributed by atoms with Crippen molar-refractivity contribution in [1.29, 1.82) is 0 Å². The largest absolute Gasteiger partial charge is 0.478 e. The summed E-state index contributed by atoms with van der Waals surface area (Å²) in [5.74, 6) is -2.87. The Bertz CT molecular complexity index is 1640. The molecule has 0 radical (unpaired) electrons. The van der Waals surface area contributed by atoms with Crippen molar-refractivity contribution in [2.24, 2.45) is 0 Å². The molecule has 11 heteroatoms. The first-order valence-corrected chi connectivity index (χ1v) is 12.2. The van der Waals surface area contributed by atoms with Crippen molar-refractivity contribution in [2.45, 2.75) is 32.4 Å². The molecule has 2 aromatic heterocycles. The van der Waals surface area contributed by atoms with Crippen molar-refractivity contribution >= 4 is 63.2 Å². The standard InChI is InChI=1S/C26H17Cl3F2N2O4/c1-26(2,31)24-22(23(32-37-24)21-14(28)8-13(27)9-15(21)29)25(36)33-10-12-4-3-11(7-18(34)35)19-16(30)5-6-17(33)20(12)19/h5-10H,3-4H2,1-2H3,(H,34,35)/b11-7+. The summed E-state index contributed by atoms with van der Waals surface area (Å²) in [6.07, 6.45) is 3.14. The van der Waals surface area contributed by atoms with Crippen LogP contribution in [0.2, 0.25) is 15.1 Å². The van der Waals surface area contributed by atoms with E-state index < -0.39 is 23.4 Å². The number of carboxylic acids is 1. The third-order valence-corrected chi connectivity index (χ3v) is 7.00. The summed E-state index contributed by atoms with van der Waals surface area (Å²) in [6, 6.07) is 5.39. The molecule has 0 spiro atoms. The average molecular weight is 566 g/mol. The predicted octanol–water partition coefficient (Wildman–Crippen LogP) is 7.70. The normalized spacial score (nSPS) is 14.5.